The SMILES string of the molecule is CCNc1nc(N(C)C)nc2c1COCC2. The summed E-state index contributed by atoms with van der Waals surface area (Å²) in [7, 11) is 3.91. The first-order chi connectivity index (χ1) is 7.72. The summed E-state index contributed by atoms with van der Waals surface area (Å²) >= 11 is 0. The molecule has 2 rings (SSSR count). The van der Waals surface area contributed by atoms with Crippen LogP contribution in [0.3, 0.4) is 0 Å². The Morgan fingerprint density at radius 2 is 2.19 bits per heavy atom. The van der Waals surface area contributed by atoms with Gasteiger partial charge in [-0.1, -0.05) is 0 Å². The first-order valence-corrected chi connectivity index (χ1v) is 5.61. The minimum Gasteiger partial charge on any atom is -0.376 e. The number of nitrogens with zero attached hydrogens (tertiary/aromatic N) is 3. The number of fused-ring (bicyclic) bond motifs is 1. The van der Waals surface area contributed by atoms with Gasteiger partial charge in [0, 0.05) is 32.6 Å². The van der Waals surface area contributed by atoms with Gasteiger partial charge in [-0.15, -0.1) is 0 Å². The van der Waals surface area contributed by atoms with E-state index in [1.165, 1.54) is 0 Å². The number of nitrogens with one attached hydrogen (secondary N) is 1. The van der Waals surface area contributed by atoms with Crippen molar-refractivity contribution in [2.24, 2.45) is 0 Å². The predicted octanol–water partition coefficient (Wildman–Crippen LogP) is 1.05. The molecule has 0 aliphatic carbocycles. The summed E-state index contributed by atoms with van der Waals surface area (Å²) in [5.74, 6) is 1.67. The van der Waals surface area contributed by atoms with Gasteiger partial charge in [-0.3, -0.25) is 0 Å². The van der Waals surface area contributed by atoms with Crippen LogP contribution in [0.5, 0.6) is 0 Å². The second kappa shape index (κ2) is 4.65. The van der Waals surface area contributed by atoms with E-state index in [2.05, 4.69) is 22.2 Å². The van der Waals surface area contributed by atoms with Crippen molar-refractivity contribution in [3.8, 4) is 0 Å². The van der Waals surface area contributed by atoms with E-state index >= 15 is 0 Å². The first kappa shape index (κ1) is 11.1. The summed E-state index contributed by atoms with van der Waals surface area (Å²) in [6, 6.07) is 0. The van der Waals surface area contributed by atoms with Crippen LogP contribution in [-0.4, -0.2) is 37.2 Å². The zero-order chi connectivity index (χ0) is 11.5. The Kier molecular flexibility index (Phi) is 3.24. The molecule has 0 radical (unpaired) electrons. The quantitative estimate of drug-likeness (QED) is 0.828. The fourth-order valence-electron chi connectivity index (χ4n) is 1.73. The minimum atomic E-state index is 0.616. The summed E-state index contributed by atoms with van der Waals surface area (Å²) in [4.78, 5) is 11.0. The first-order valence-electron chi connectivity index (χ1n) is 5.61. The van der Waals surface area contributed by atoms with E-state index in [1.54, 1.807) is 0 Å². The van der Waals surface area contributed by atoms with Gasteiger partial charge in [0.05, 0.1) is 18.9 Å². The van der Waals surface area contributed by atoms with Crippen molar-refractivity contribution in [2.75, 3.05) is 37.5 Å². The molecular formula is C11H18N4O. The molecule has 1 aromatic heterocycles. The fourth-order valence-corrected chi connectivity index (χ4v) is 1.73. The Morgan fingerprint density at radius 1 is 1.38 bits per heavy atom. The molecule has 5 nitrogen and oxygen atoms in total. The number of ether oxygens (including phenoxy) is 1. The standard InChI is InChI=1S/C11H18N4O/c1-4-12-10-8-7-16-6-5-9(8)13-11(14-10)15(2)3/h4-7H2,1-3H3,(H,12,13,14). The number of hydrogen-bond acceptors (Lipinski definition) is 5. The van der Waals surface area contributed by atoms with Crippen LogP contribution in [0.15, 0.2) is 0 Å². The van der Waals surface area contributed by atoms with Gasteiger partial charge < -0.3 is 15.0 Å². The molecule has 2 heterocycles. The molecule has 5 heteroatoms. The Morgan fingerprint density at radius 3 is 2.88 bits per heavy atom. The van der Waals surface area contributed by atoms with Crippen LogP contribution >= 0.6 is 0 Å². The lowest BCUT2D eigenvalue weighted by atomic mass is 10.1. The van der Waals surface area contributed by atoms with Crippen molar-refractivity contribution in [1.29, 1.82) is 0 Å². The molecule has 0 atom stereocenters. The fraction of sp³-hybridized carbons (Fsp3) is 0.636. The average Bonchev–Trinajstić information content (AvgIpc) is 2.29. The van der Waals surface area contributed by atoms with Crippen molar-refractivity contribution in [2.45, 2.75) is 20.0 Å². The maximum Gasteiger partial charge on any atom is 0.227 e. The molecule has 0 aromatic carbocycles. The van der Waals surface area contributed by atoms with Crippen molar-refractivity contribution in [1.82, 2.24) is 9.97 Å². The third-order valence-electron chi connectivity index (χ3n) is 2.55. The molecule has 88 valence electrons. The van der Waals surface area contributed by atoms with E-state index in [-0.39, 0.29) is 0 Å². The monoisotopic (exact) mass is 222 g/mol. The second-order valence-electron chi connectivity index (χ2n) is 4.02. The van der Waals surface area contributed by atoms with Gasteiger partial charge in [0.2, 0.25) is 5.95 Å². The number of rotatable bonds is 3. The molecule has 0 spiro atoms. The summed E-state index contributed by atoms with van der Waals surface area (Å²) in [6.07, 6.45) is 0.872. The zero-order valence-electron chi connectivity index (χ0n) is 10.1. The summed E-state index contributed by atoms with van der Waals surface area (Å²) < 4.78 is 5.45. The van der Waals surface area contributed by atoms with Crippen LogP contribution < -0.4 is 10.2 Å². The van der Waals surface area contributed by atoms with Gasteiger partial charge in [-0.25, -0.2) is 4.98 Å². The largest absolute Gasteiger partial charge is 0.376 e. The molecule has 1 aliphatic heterocycles. The molecule has 0 saturated heterocycles. The number of aromatic nitrogens is 2. The van der Waals surface area contributed by atoms with Crippen molar-refractivity contribution < 1.29 is 4.74 Å². The number of anilines is 2. The van der Waals surface area contributed by atoms with Crippen LogP contribution in [0.4, 0.5) is 11.8 Å². The van der Waals surface area contributed by atoms with Gasteiger partial charge in [0.1, 0.15) is 5.82 Å². The molecule has 1 aliphatic rings. The van der Waals surface area contributed by atoms with E-state index in [9.17, 15) is 0 Å². The molecule has 1 aromatic rings. The Labute approximate surface area is 95.8 Å². The average molecular weight is 222 g/mol. The molecule has 0 fully saturated rings. The summed E-state index contributed by atoms with van der Waals surface area (Å²) in [6.45, 7) is 4.29. The van der Waals surface area contributed by atoms with Gasteiger partial charge >= 0.3 is 0 Å². The van der Waals surface area contributed by atoms with E-state index in [1.807, 2.05) is 19.0 Å². The van der Waals surface area contributed by atoms with E-state index in [0.29, 0.717) is 6.61 Å². The summed E-state index contributed by atoms with van der Waals surface area (Å²) in [5, 5.41) is 3.27. The normalized spacial score (nSPS) is 14.4. The molecule has 1 N–H and O–H groups in total. The molecule has 0 bridgehead atoms. The predicted molar refractivity (Wildman–Crippen MR) is 63.9 cm³/mol. The smallest absolute Gasteiger partial charge is 0.227 e. The molecule has 0 unspecified atom stereocenters. The van der Waals surface area contributed by atoms with Gasteiger partial charge in [-0.2, -0.15) is 4.98 Å². The van der Waals surface area contributed by atoms with Gasteiger partial charge in [0.15, 0.2) is 0 Å². The lowest BCUT2D eigenvalue weighted by Gasteiger charge is -2.21. The third-order valence-corrected chi connectivity index (χ3v) is 2.55. The highest BCUT2D eigenvalue weighted by Crippen LogP contribution is 2.24. The summed E-state index contributed by atoms with van der Waals surface area (Å²) in [5.41, 5.74) is 2.22. The van der Waals surface area contributed by atoms with Crippen LogP contribution in [0.1, 0.15) is 18.2 Å². The van der Waals surface area contributed by atoms with E-state index in [4.69, 9.17) is 4.74 Å². The van der Waals surface area contributed by atoms with Gasteiger partial charge in [-0.05, 0) is 6.92 Å². The highest BCUT2D eigenvalue weighted by atomic mass is 16.5. The van der Waals surface area contributed by atoms with Gasteiger partial charge in [0.25, 0.3) is 0 Å². The van der Waals surface area contributed by atoms with E-state index < -0.39 is 0 Å². The lowest BCUT2D eigenvalue weighted by Crippen LogP contribution is -2.21. The Bertz CT molecular complexity index is 378. The molecule has 0 amide bonds. The second-order valence-corrected chi connectivity index (χ2v) is 4.02. The van der Waals surface area contributed by atoms with Crippen molar-refractivity contribution in [3.63, 3.8) is 0 Å². The van der Waals surface area contributed by atoms with Crippen molar-refractivity contribution in [3.05, 3.63) is 11.3 Å². The maximum atomic E-state index is 5.45. The van der Waals surface area contributed by atoms with Crippen molar-refractivity contribution >= 4 is 11.8 Å². The topological polar surface area (TPSA) is 50.3 Å². The highest BCUT2D eigenvalue weighted by Gasteiger charge is 2.18. The van der Waals surface area contributed by atoms with Crippen LogP contribution in [0.2, 0.25) is 0 Å². The highest BCUT2D eigenvalue weighted by molar-refractivity contribution is 5.51. The lowest BCUT2D eigenvalue weighted by molar-refractivity contribution is 0.109. The minimum absolute atomic E-state index is 0.616. The Hall–Kier alpha value is -1.36. The molecular weight excluding hydrogens is 204 g/mol. The van der Waals surface area contributed by atoms with Crippen LogP contribution in [0.25, 0.3) is 0 Å². The van der Waals surface area contributed by atoms with Crippen LogP contribution in [-0.2, 0) is 17.8 Å². The third kappa shape index (κ3) is 2.09. The maximum absolute atomic E-state index is 5.45. The Balaban J connectivity index is 2.43. The molecule has 16 heavy (non-hydrogen) atoms. The number of hydrogen-bond donors (Lipinski definition) is 1. The van der Waals surface area contributed by atoms with Crippen LogP contribution in [0, 0.1) is 0 Å². The van der Waals surface area contributed by atoms with E-state index in [0.717, 1.165) is 42.6 Å². The zero-order valence-corrected chi connectivity index (χ0v) is 10.1. The molecule has 0 saturated carbocycles.